The van der Waals surface area contributed by atoms with E-state index >= 15 is 0 Å². The number of halogens is 3. The maximum atomic E-state index is 12.7. The second kappa shape index (κ2) is 4.25. The summed E-state index contributed by atoms with van der Waals surface area (Å²) in [7, 11) is 0. The normalized spacial score (nSPS) is 12.2. The Morgan fingerprint density at radius 1 is 1.56 bits per heavy atom. The van der Waals surface area contributed by atoms with Gasteiger partial charge in [-0.25, -0.2) is 9.78 Å². The van der Waals surface area contributed by atoms with Crippen molar-refractivity contribution in [2.24, 2.45) is 5.73 Å². The molecule has 0 unspecified atom stereocenters. The van der Waals surface area contributed by atoms with E-state index in [0.29, 0.717) is 5.69 Å². The zero-order valence-corrected chi connectivity index (χ0v) is 9.68. The number of carbonyl (C=O) groups is 1. The Kier molecular flexibility index (Phi) is 3.03. The standard InChI is InChI=1S/C9H8F3N3O2S/c10-9(11,12)6-5(7(16)17)15-4(1-2-13)3-18-8(15)14-6/h3H,1-2,13H2,(H,16,17). The molecule has 2 aromatic rings. The van der Waals surface area contributed by atoms with E-state index in [2.05, 4.69) is 4.98 Å². The second-order valence-corrected chi connectivity index (χ2v) is 4.33. The van der Waals surface area contributed by atoms with Crippen LogP contribution in [0.1, 0.15) is 21.9 Å². The van der Waals surface area contributed by atoms with Gasteiger partial charge in [0.25, 0.3) is 0 Å². The van der Waals surface area contributed by atoms with Crippen LogP contribution in [-0.2, 0) is 12.6 Å². The molecule has 0 radical (unpaired) electrons. The average Bonchev–Trinajstić information content (AvgIpc) is 2.77. The van der Waals surface area contributed by atoms with Crippen molar-refractivity contribution in [2.45, 2.75) is 12.6 Å². The van der Waals surface area contributed by atoms with Gasteiger partial charge < -0.3 is 10.8 Å². The highest BCUT2D eigenvalue weighted by molar-refractivity contribution is 7.15. The monoisotopic (exact) mass is 279 g/mol. The minimum atomic E-state index is -4.79. The highest BCUT2D eigenvalue weighted by Crippen LogP contribution is 2.34. The predicted octanol–water partition coefficient (Wildman–Crippen LogP) is 1.61. The van der Waals surface area contributed by atoms with E-state index in [1.807, 2.05) is 0 Å². The van der Waals surface area contributed by atoms with E-state index in [4.69, 9.17) is 10.8 Å². The molecule has 0 aromatic carbocycles. The summed E-state index contributed by atoms with van der Waals surface area (Å²) in [6.07, 6.45) is -4.51. The lowest BCUT2D eigenvalue weighted by Crippen LogP contribution is -2.15. The number of nitrogens with zero attached hydrogens (tertiary/aromatic N) is 2. The van der Waals surface area contributed by atoms with Crippen molar-refractivity contribution in [1.82, 2.24) is 9.38 Å². The molecule has 18 heavy (non-hydrogen) atoms. The number of aromatic nitrogens is 2. The molecule has 0 bridgehead atoms. The fourth-order valence-corrected chi connectivity index (χ4v) is 2.55. The molecule has 2 aromatic heterocycles. The van der Waals surface area contributed by atoms with Crippen LogP contribution in [0, 0.1) is 0 Å². The first-order valence-corrected chi connectivity index (χ1v) is 5.73. The van der Waals surface area contributed by atoms with E-state index in [1.54, 1.807) is 5.38 Å². The third-order valence-electron chi connectivity index (χ3n) is 2.31. The number of hydrogen-bond acceptors (Lipinski definition) is 4. The van der Waals surface area contributed by atoms with Gasteiger partial charge in [0.05, 0.1) is 0 Å². The fraction of sp³-hybridized carbons (Fsp3) is 0.333. The Bertz CT molecular complexity index is 602. The van der Waals surface area contributed by atoms with Crippen LogP contribution >= 0.6 is 11.3 Å². The summed E-state index contributed by atoms with van der Waals surface area (Å²) in [5, 5.41) is 10.5. The minimum absolute atomic E-state index is 0.00294. The minimum Gasteiger partial charge on any atom is -0.476 e. The Morgan fingerprint density at radius 2 is 2.22 bits per heavy atom. The molecule has 0 saturated carbocycles. The third kappa shape index (κ3) is 1.95. The van der Waals surface area contributed by atoms with E-state index in [-0.39, 0.29) is 17.9 Å². The maximum Gasteiger partial charge on any atom is 0.435 e. The van der Waals surface area contributed by atoms with Crippen LogP contribution in [0.25, 0.3) is 4.96 Å². The summed E-state index contributed by atoms with van der Waals surface area (Å²) < 4.78 is 39.1. The maximum absolute atomic E-state index is 12.7. The highest BCUT2D eigenvalue weighted by Gasteiger charge is 2.40. The molecule has 0 aliphatic carbocycles. The van der Waals surface area contributed by atoms with Gasteiger partial charge in [0.15, 0.2) is 16.3 Å². The topological polar surface area (TPSA) is 80.6 Å². The largest absolute Gasteiger partial charge is 0.476 e. The molecule has 9 heteroatoms. The van der Waals surface area contributed by atoms with Gasteiger partial charge in [0, 0.05) is 17.5 Å². The van der Waals surface area contributed by atoms with Crippen LogP contribution in [0.5, 0.6) is 0 Å². The molecule has 2 heterocycles. The molecule has 3 N–H and O–H groups in total. The van der Waals surface area contributed by atoms with Gasteiger partial charge >= 0.3 is 12.1 Å². The summed E-state index contributed by atoms with van der Waals surface area (Å²) in [4.78, 5) is 14.4. The first kappa shape index (κ1) is 12.8. The molecule has 0 saturated heterocycles. The number of alkyl halides is 3. The molecule has 0 aliphatic heterocycles. The van der Waals surface area contributed by atoms with Crippen molar-refractivity contribution in [3.05, 3.63) is 22.5 Å². The molecular weight excluding hydrogens is 271 g/mol. The predicted molar refractivity (Wildman–Crippen MR) is 57.8 cm³/mol. The number of carboxylic acids is 1. The van der Waals surface area contributed by atoms with Gasteiger partial charge in [0.2, 0.25) is 0 Å². The third-order valence-corrected chi connectivity index (χ3v) is 3.18. The van der Waals surface area contributed by atoms with E-state index < -0.39 is 23.5 Å². The van der Waals surface area contributed by atoms with Crippen LogP contribution in [0.4, 0.5) is 13.2 Å². The Hall–Kier alpha value is -1.61. The summed E-state index contributed by atoms with van der Waals surface area (Å²) in [6, 6.07) is 0. The molecule has 98 valence electrons. The van der Waals surface area contributed by atoms with Gasteiger partial charge in [-0.1, -0.05) is 0 Å². The highest BCUT2D eigenvalue weighted by atomic mass is 32.1. The zero-order valence-electron chi connectivity index (χ0n) is 8.86. The lowest BCUT2D eigenvalue weighted by atomic mass is 10.3. The number of fused-ring (bicyclic) bond motifs is 1. The Balaban J connectivity index is 2.75. The second-order valence-electron chi connectivity index (χ2n) is 3.50. The van der Waals surface area contributed by atoms with E-state index in [9.17, 15) is 18.0 Å². The summed E-state index contributed by atoms with van der Waals surface area (Å²) >= 11 is 0.955. The Morgan fingerprint density at radius 3 is 2.72 bits per heavy atom. The number of carboxylic acid groups (broad SMARTS) is 1. The van der Waals surface area contributed by atoms with Gasteiger partial charge in [-0.15, -0.1) is 11.3 Å². The number of aromatic carboxylic acids is 1. The number of rotatable bonds is 3. The smallest absolute Gasteiger partial charge is 0.435 e. The van der Waals surface area contributed by atoms with Crippen molar-refractivity contribution in [2.75, 3.05) is 6.54 Å². The van der Waals surface area contributed by atoms with Gasteiger partial charge in [-0.3, -0.25) is 4.40 Å². The van der Waals surface area contributed by atoms with Crippen molar-refractivity contribution in [3.63, 3.8) is 0 Å². The van der Waals surface area contributed by atoms with Crippen molar-refractivity contribution >= 4 is 22.3 Å². The molecule has 0 aliphatic rings. The van der Waals surface area contributed by atoms with Gasteiger partial charge in [-0.05, 0) is 6.54 Å². The van der Waals surface area contributed by atoms with Crippen molar-refractivity contribution < 1.29 is 23.1 Å². The van der Waals surface area contributed by atoms with E-state index in [0.717, 1.165) is 15.7 Å². The van der Waals surface area contributed by atoms with Crippen LogP contribution in [0.3, 0.4) is 0 Å². The van der Waals surface area contributed by atoms with E-state index in [1.165, 1.54) is 0 Å². The van der Waals surface area contributed by atoms with Crippen molar-refractivity contribution in [1.29, 1.82) is 0 Å². The first-order valence-electron chi connectivity index (χ1n) is 4.85. The number of thiazole rings is 1. The quantitative estimate of drug-likeness (QED) is 0.894. The summed E-state index contributed by atoms with van der Waals surface area (Å²) in [6.45, 7) is 0.213. The molecule has 0 atom stereocenters. The van der Waals surface area contributed by atoms with Crippen molar-refractivity contribution in [3.8, 4) is 0 Å². The van der Waals surface area contributed by atoms with Crippen LogP contribution in [-0.4, -0.2) is 27.0 Å². The Labute approximate surface area is 103 Å². The summed E-state index contributed by atoms with van der Waals surface area (Å²) in [5.41, 5.74) is 3.51. The zero-order chi connectivity index (χ0) is 13.5. The molecule has 0 amide bonds. The molecule has 5 nitrogen and oxygen atoms in total. The summed E-state index contributed by atoms with van der Waals surface area (Å²) in [5.74, 6) is -1.66. The number of imidazole rings is 1. The lowest BCUT2D eigenvalue weighted by Gasteiger charge is -2.05. The molecule has 0 fully saturated rings. The van der Waals surface area contributed by atoms with Crippen LogP contribution in [0.15, 0.2) is 5.38 Å². The average molecular weight is 279 g/mol. The fourth-order valence-electron chi connectivity index (χ4n) is 1.63. The SMILES string of the molecule is NCCc1csc2nc(C(F)(F)F)c(C(=O)O)n12. The number of hydrogen-bond donors (Lipinski definition) is 2. The van der Waals surface area contributed by atoms with Gasteiger partial charge in [-0.2, -0.15) is 13.2 Å². The first-order chi connectivity index (χ1) is 8.36. The molecular formula is C9H8F3N3O2S. The van der Waals surface area contributed by atoms with Crippen LogP contribution < -0.4 is 5.73 Å². The molecule has 0 spiro atoms. The number of nitrogens with two attached hydrogens (primary N) is 1. The lowest BCUT2D eigenvalue weighted by molar-refractivity contribution is -0.141. The van der Waals surface area contributed by atoms with Crippen LogP contribution in [0.2, 0.25) is 0 Å². The van der Waals surface area contributed by atoms with Gasteiger partial charge in [0.1, 0.15) is 0 Å². The molecule has 2 rings (SSSR count).